The molecule has 15 nitrogen and oxygen atoms in total. The minimum absolute atomic E-state index is 0.209. The lowest BCUT2D eigenvalue weighted by Gasteiger charge is -2.14. The molecule has 0 radical (unpaired) electrons. The van der Waals surface area contributed by atoms with Gasteiger partial charge in [0, 0.05) is 11.4 Å². The Labute approximate surface area is 318 Å². The van der Waals surface area contributed by atoms with Crippen LogP contribution in [0.4, 0.5) is 27.5 Å². The van der Waals surface area contributed by atoms with Gasteiger partial charge in [-0.3, -0.25) is 9.44 Å². The van der Waals surface area contributed by atoms with Gasteiger partial charge in [-0.25, -0.2) is 38.5 Å². The van der Waals surface area contributed by atoms with E-state index in [1.807, 2.05) is 0 Å². The summed E-state index contributed by atoms with van der Waals surface area (Å²) in [7, 11) is -18.5. The maximum Gasteiger partial charge on any atom is 0.323 e. The van der Waals surface area contributed by atoms with Crippen molar-refractivity contribution in [2.24, 2.45) is 0 Å². The van der Waals surface area contributed by atoms with Crippen LogP contribution in [-0.4, -0.2) is 48.8 Å². The second-order valence-electron chi connectivity index (χ2n) is 11.4. The number of anilines is 4. The minimum atomic E-state index is -4.98. The zero-order chi connectivity index (χ0) is 39.2. The van der Waals surface area contributed by atoms with E-state index in [1.165, 1.54) is 60.7 Å². The van der Waals surface area contributed by atoms with Gasteiger partial charge >= 0.3 is 6.03 Å². The summed E-state index contributed by atoms with van der Waals surface area (Å²) in [5.74, 6) is 0. The van der Waals surface area contributed by atoms with Crippen LogP contribution in [0.2, 0.25) is 10.0 Å². The third-order valence-electron chi connectivity index (χ3n) is 7.67. The molecule has 0 saturated heterocycles. The molecule has 6 aromatic rings. The van der Waals surface area contributed by atoms with Crippen LogP contribution in [0.25, 0.3) is 21.5 Å². The second-order valence-corrected chi connectivity index (χ2v) is 18.3. The van der Waals surface area contributed by atoms with Gasteiger partial charge in [0.05, 0.1) is 41.0 Å². The van der Waals surface area contributed by atoms with Crippen LogP contribution in [0, 0.1) is 0 Å². The second kappa shape index (κ2) is 14.3. The molecule has 0 aliphatic carbocycles. The SMILES string of the molecule is O=C(Nc1ccc2ccc(S(=O)(=O)Nc3ccc(Cl)c(S(=O)(=O)[O-])c3)cc2c1)Nc1ccc2ccc(S(=O)(=O)Nc3ccc(Cl)c(S(=O)(=O)[O-])c3)cc2c1. The predicted octanol–water partition coefficient (Wildman–Crippen LogP) is 6.35. The third kappa shape index (κ3) is 8.69. The molecule has 0 bridgehead atoms. The van der Waals surface area contributed by atoms with Crippen LogP contribution in [0.1, 0.15) is 0 Å². The number of nitrogens with one attached hydrogen (secondary N) is 4. The summed E-state index contributed by atoms with van der Waals surface area (Å²) in [6, 6.07) is 23.2. The van der Waals surface area contributed by atoms with E-state index in [0.29, 0.717) is 21.5 Å². The van der Waals surface area contributed by atoms with Crippen molar-refractivity contribution in [1.82, 2.24) is 0 Å². The number of halogens is 2. The van der Waals surface area contributed by atoms with Gasteiger partial charge in [0.25, 0.3) is 20.0 Å². The number of benzene rings is 6. The molecule has 0 unspecified atom stereocenters. The van der Waals surface area contributed by atoms with E-state index < -0.39 is 56.1 Å². The normalized spacial score (nSPS) is 12.4. The first-order chi connectivity index (χ1) is 25.2. The summed E-state index contributed by atoms with van der Waals surface area (Å²) < 4.78 is 126. The molecule has 0 aromatic heterocycles. The average molecular weight is 850 g/mol. The fourth-order valence-electron chi connectivity index (χ4n) is 5.18. The van der Waals surface area contributed by atoms with E-state index in [0.717, 1.165) is 24.3 Å². The van der Waals surface area contributed by atoms with E-state index in [2.05, 4.69) is 20.1 Å². The van der Waals surface area contributed by atoms with Crippen molar-refractivity contribution in [3.8, 4) is 0 Å². The van der Waals surface area contributed by atoms with E-state index in [1.54, 1.807) is 24.3 Å². The van der Waals surface area contributed by atoms with Crippen molar-refractivity contribution in [2.45, 2.75) is 19.6 Å². The van der Waals surface area contributed by atoms with Crippen LogP contribution in [0.3, 0.4) is 0 Å². The fraction of sp³-hybridized carbons (Fsp3) is 0. The largest absolute Gasteiger partial charge is 0.744 e. The van der Waals surface area contributed by atoms with Crippen LogP contribution in [-0.2, 0) is 40.3 Å². The monoisotopic (exact) mass is 848 g/mol. The average Bonchev–Trinajstić information content (AvgIpc) is 3.08. The van der Waals surface area contributed by atoms with Crippen molar-refractivity contribution in [2.75, 3.05) is 20.1 Å². The van der Waals surface area contributed by atoms with Crippen LogP contribution in [0.15, 0.2) is 129 Å². The first kappa shape index (κ1) is 38.7. The highest BCUT2D eigenvalue weighted by Crippen LogP contribution is 2.30. The van der Waals surface area contributed by atoms with Gasteiger partial charge in [-0.2, -0.15) is 0 Å². The predicted molar refractivity (Wildman–Crippen MR) is 201 cm³/mol. The van der Waals surface area contributed by atoms with Gasteiger partial charge in [-0.1, -0.05) is 47.5 Å². The summed E-state index contributed by atoms with van der Waals surface area (Å²) in [6.45, 7) is 0. The summed E-state index contributed by atoms with van der Waals surface area (Å²) >= 11 is 11.6. The van der Waals surface area contributed by atoms with Crippen molar-refractivity contribution >= 4 is 114 Å². The first-order valence-electron chi connectivity index (χ1n) is 14.9. The summed E-state index contributed by atoms with van der Waals surface area (Å²) in [5.41, 5.74) is 0.135. The highest BCUT2D eigenvalue weighted by molar-refractivity contribution is 7.93. The van der Waals surface area contributed by atoms with Crippen LogP contribution < -0.4 is 20.1 Å². The number of amides is 2. The quantitative estimate of drug-likeness (QED) is 0.111. The van der Waals surface area contributed by atoms with Crippen molar-refractivity contribution in [3.05, 3.63) is 119 Å². The molecular weight excluding hydrogens is 828 g/mol. The van der Waals surface area contributed by atoms with Gasteiger partial charge in [-0.05, 0) is 106 Å². The summed E-state index contributed by atoms with van der Waals surface area (Å²) in [6.07, 6.45) is 0. The lowest BCUT2D eigenvalue weighted by Crippen LogP contribution is -2.19. The van der Waals surface area contributed by atoms with Gasteiger partial charge in [0.2, 0.25) is 0 Å². The number of hydrogen-bond donors (Lipinski definition) is 4. The number of carbonyl (C=O) groups excluding carboxylic acids is 1. The third-order valence-corrected chi connectivity index (χ3v) is 13.1. The van der Waals surface area contributed by atoms with E-state index in [4.69, 9.17) is 23.2 Å². The Hall–Kier alpha value is -4.99. The molecule has 0 heterocycles. The molecule has 6 rings (SSSR count). The molecule has 21 heteroatoms. The molecule has 0 fully saturated rings. The molecule has 0 aliphatic heterocycles. The maximum absolute atomic E-state index is 13.1. The number of hydrogen-bond acceptors (Lipinski definition) is 11. The van der Waals surface area contributed by atoms with Crippen LogP contribution >= 0.6 is 23.2 Å². The van der Waals surface area contributed by atoms with Crippen LogP contribution in [0.5, 0.6) is 0 Å². The summed E-state index contributed by atoms with van der Waals surface area (Å²) in [4.78, 5) is 11.0. The standard InChI is InChI=1S/C33H24Cl2N4O11S4/c34-29-11-7-25(17-31(29)53(45,46)47)38-51(41,42)27-9-3-19-1-5-23(13-21(19)15-27)36-33(40)37-24-6-2-20-4-10-28(16-22(20)14-24)52(43,44)39-26-8-12-30(35)32(18-26)54(48,49)50/h1-18,38-39H,(H2,36,37,40)(H,45,46,47)(H,48,49,50)/p-2. The molecule has 0 atom stereocenters. The lowest BCUT2D eigenvalue weighted by atomic mass is 10.1. The number of carbonyl (C=O) groups is 1. The Morgan fingerprint density at radius 1 is 0.444 bits per heavy atom. The molecule has 280 valence electrons. The Morgan fingerprint density at radius 3 is 1.17 bits per heavy atom. The number of rotatable bonds is 10. The van der Waals surface area contributed by atoms with E-state index in [-0.39, 0.29) is 42.6 Å². The molecule has 6 aromatic carbocycles. The number of sulfonamides is 2. The molecule has 2 amide bonds. The Bertz CT molecular complexity index is 2780. The van der Waals surface area contributed by atoms with Crippen molar-refractivity contribution in [3.63, 3.8) is 0 Å². The molecular formula is C33H22Cl2N4O11S4-2. The lowest BCUT2D eigenvalue weighted by molar-refractivity contribution is 0.262. The molecule has 0 saturated carbocycles. The topological polar surface area (TPSA) is 248 Å². The Kier molecular flexibility index (Phi) is 10.3. The van der Waals surface area contributed by atoms with Gasteiger partial charge in [0.1, 0.15) is 20.2 Å². The van der Waals surface area contributed by atoms with Crippen molar-refractivity contribution < 1.29 is 47.6 Å². The Balaban J connectivity index is 1.18. The number of urea groups is 1. The fourth-order valence-corrected chi connectivity index (χ4v) is 9.31. The molecule has 4 N–H and O–H groups in total. The highest BCUT2D eigenvalue weighted by Gasteiger charge is 2.19. The Morgan fingerprint density at radius 2 is 0.796 bits per heavy atom. The van der Waals surface area contributed by atoms with Gasteiger partial charge in [-0.15, -0.1) is 0 Å². The minimum Gasteiger partial charge on any atom is -0.744 e. The summed E-state index contributed by atoms with van der Waals surface area (Å²) in [5, 5.41) is 6.60. The first-order valence-corrected chi connectivity index (χ1v) is 21.4. The van der Waals surface area contributed by atoms with E-state index >= 15 is 0 Å². The zero-order valence-electron chi connectivity index (χ0n) is 26.8. The van der Waals surface area contributed by atoms with E-state index in [9.17, 15) is 47.6 Å². The molecule has 0 spiro atoms. The highest BCUT2D eigenvalue weighted by atomic mass is 35.5. The number of fused-ring (bicyclic) bond motifs is 2. The molecule has 0 aliphatic rings. The zero-order valence-corrected chi connectivity index (χ0v) is 31.5. The maximum atomic E-state index is 13.1. The molecule has 54 heavy (non-hydrogen) atoms. The smallest absolute Gasteiger partial charge is 0.323 e. The van der Waals surface area contributed by atoms with Gasteiger partial charge in [0.15, 0.2) is 0 Å². The van der Waals surface area contributed by atoms with Crippen molar-refractivity contribution in [1.29, 1.82) is 0 Å². The van der Waals surface area contributed by atoms with Gasteiger partial charge < -0.3 is 19.7 Å².